The van der Waals surface area contributed by atoms with Crippen LogP contribution < -0.4 is 0 Å². The molecule has 0 aliphatic heterocycles. The van der Waals surface area contributed by atoms with Gasteiger partial charge in [-0.15, -0.1) is 0 Å². The van der Waals surface area contributed by atoms with Gasteiger partial charge in [0, 0.05) is 11.0 Å². The molecule has 0 fully saturated rings. The molecule has 3 N–H and O–H groups in total. The monoisotopic (exact) mass is 260 g/mol. The summed E-state index contributed by atoms with van der Waals surface area (Å²) in [6.45, 7) is 3.85. The van der Waals surface area contributed by atoms with Crippen LogP contribution in [0.4, 0.5) is 0 Å². The second-order valence-corrected chi connectivity index (χ2v) is 5.06. The summed E-state index contributed by atoms with van der Waals surface area (Å²) in [6, 6.07) is 9.03. The molecule has 0 unspecified atom stereocenters. The second-order valence-electron chi connectivity index (χ2n) is 5.06. The maximum absolute atomic E-state index is 10.9. The lowest BCUT2D eigenvalue weighted by molar-refractivity contribution is 0.0690. The molecule has 2 rings (SSSR count). The Balaban J connectivity index is 2.53. The van der Waals surface area contributed by atoms with E-state index in [0.29, 0.717) is 5.69 Å². The fourth-order valence-corrected chi connectivity index (χ4v) is 1.95. The quantitative estimate of drug-likeness (QED) is 0.785. The van der Waals surface area contributed by atoms with Gasteiger partial charge in [-0.2, -0.15) is 5.10 Å². The van der Waals surface area contributed by atoms with Crippen molar-refractivity contribution in [3.63, 3.8) is 0 Å². The van der Waals surface area contributed by atoms with Crippen LogP contribution in [0, 0.1) is 0 Å². The molecular weight excluding hydrogens is 244 g/mol. The lowest BCUT2D eigenvalue weighted by Gasteiger charge is -2.24. The maximum atomic E-state index is 10.9. The zero-order valence-corrected chi connectivity index (χ0v) is 10.8. The number of aromatic nitrogens is 2. The Hall–Kier alpha value is -2.14. The molecule has 0 aliphatic carbocycles. The van der Waals surface area contributed by atoms with E-state index in [4.69, 9.17) is 5.11 Å². The molecule has 0 spiro atoms. The summed E-state index contributed by atoms with van der Waals surface area (Å²) >= 11 is 0. The van der Waals surface area contributed by atoms with Gasteiger partial charge in [0.1, 0.15) is 5.69 Å². The van der Waals surface area contributed by atoms with Crippen molar-refractivity contribution in [1.82, 2.24) is 10.2 Å². The van der Waals surface area contributed by atoms with Gasteiger partial charge in [0.05, 0.1) is 12.3 Å². The summed E-state index contributed by atoms with van der Waals surface area (Å²) in [7, 11) is 0. The Kier molecular flexibility index (Phi) is 3.40. The fourth-order valence-electron chi connectivity index (χ4n) is 1.95. The lowest BCUT2D eigenvalue weighted by Crippen LogP contribution is -2.22. The van der Waals surface area contributed by atoms with Crippen LogP contribution in [0.15, 0.2) is 30.3 Å². The molecule has 0 bridgehead atoms. The van der Waals surface area contributed by atoms with E-state index in [1.54, 1.807) is 0 Å². The topological polar surface area (TPSA) is 86.2 Å². The largest absolute Gasteiger partial charge is 0.477 e. The minimum Gasteiger partial charge on any atom is -0.477 e. The third-order valence-electron chi connectivity index (χ3n) is 3.14. The number of aromatic carboxylic acids is 1. The third-order valence-corrected chi connectivity index (χ3v) is 3.14. The Morgan fingerprint density at radius 2 is 2.05 bits per heavy atom. The average molecular weight is 260 g/mol. The number of benzene rings is 1. The Labute approximate surface area is 110 Å². The zero-order valence-electron chi connectivity index (χ0n) is 10.8. The first-order chi connectivity index (χ1) is 8.95. The molecule has 1 heterocycles. The zero-order chi connectivity index (χ0) is 14.0. The standard InChI is InChI=1S/C14H16N2O3/c1-14(2,8-17)10-6-4-3-5-9(10)11-7-12(13(18)19)16-15-11/h3-7,17H,8H2,1-2H3,(H,15,16)(H,18,19). The highest BCUT2D eigenvalue weighted by Gasteiger charge is 2.24. The van der Waals surface area contributed by atoms with Crippen molar-refractivity contribution >= 4 is 5.97 Å². The molecule has 0 atom stereocenters. The maximum Gasteiger partial charge on any atom is 0.353 e. The van der Waals surface area contributed by atoms with Crippen LogP contribution in [0.1, 0.15) is 29.9 Å². The van der Waals surface area contributed by atoms with E-state index < -0.39 is 11.4 Å². The number of nitrogens with zero attached hydrogens (tertiary/aromatic N) is 1. The van der Waals surface area contributed by atoms with Gasteiger partial charge in [0.25, 0.3) is 0 Å². The highest BCUT2D eigenvalue weighted by molar-refractivity contribution is 5.87. The van der Waals surface area contributed by atoms with E-state index in [1.807, 2.05) is 38.1 Å². The van der Waals surface area contributed by atoms with Gasteiger partial charge in [0.15, 0.2) is 0 Å². The van der Waals surface area contributed by atoms with E-state index >= 15 is 0 Å². The highest BCUT2D eigenvalue weighted by atomic mass is 16.4. The molecule has 0 radical (unpaired) electrons. The lowest BCUT2D eigenvalue weighted by atomic mass is 9.82. The van der Waals surface area contributed by atoms with E-state index in [9.17, 15) is 9.90 Å². The first-order valence-electron chi connectivity index (χ1n) is 5.95. The van der Waals surface area contributed by atoms with Crippen molar-refractivity contribution in [3.05, 3.63) is 41.6 Å². The molecule has 100 valence electrons. The molecule has 1 aromatic carbocycles. The molecule has 0 amide bonds. The Morgan fingerprint density at radius 1 is 1.37 bits per heavy atom. The normalized spacial score (nSPS) is 11.5. The number of hydrogen-bond donors (Lipinski definition) is 3. The van der Waals surface area contributed by atoms with Gasteiger partial charge in [-0.3, -0.25) is 5.10 Å². The van der Waals surface area contributed by atoms with Gasteiger partial charge in [-0.05, 0) is 11.6 Å². The molecule has 0 saturated carbocycles. The molecule has 2 aromatic rings. The molecule has 5 heteroatoms. The van der Waals surface area contributed by atoms with E-state index in [0.717, 1.165) is 11.1 Å². The van der Waals surface area contributed by atoms with Gasteiger partial charge >= 0.3 is 5.97 Å². The smallest absolute Gasteiger partial charge is 0.353 e. The molecule has 1 aromatic heterocycles. The highest BCUT2D eigenvalue weighted by Crippen LogP contribution is 2.32. The van der Waals surface area contributed by atoms with Crippen molar-refractivity contribution in [2.75, 3.05) is 6.61 Å². The van der Waals surface area contributed by atoms with Crippen LogP contribution in [0.25, 0.3) is 11.3 Å². The van der Waals surface area contributed by atoms with Crippen LogP contribution in [-0.4, -0.2) is 33.0 Å². The van der Waals surface area contributed by atoms with E-state index in [-0.39, 0.29) is 12.3 Å². The number of carboxylic acid groups (broad SMARTS) is 1. The number of aliphatic hydroxyl groups is 1. The number of rotatable bonds is 4. The van der Waals surface area contributed by atoms with Crippen molar-refractivity contribution in [1.29, 1.82) is 0 Å². The third kappa shape index (κ3) is 2.51. The molecular formula is C14H16N2O3. The minimum absolute atomic E-state index is 0.000222. The summed E-state index contributed by atoms with van der Waals surface area (Å²) < 4.78 is 0. The van der Waals surface area contributed by atoms with Gasteiger partial charge in [0.2, 0.25) is 0 Å². The minimum atomic E-state index is -1.04. The van der Waals surface area contributed by atoms with Crippen LogP contribution in [0.5, 0.6) is 0 Å². The number of carbonyl (C=O) groups is 1. The van der Waals surface area contributed by atoms with E-state index in [2.05, 4.69) is 10.2 Å². The van der Waals surface area contributed by atoms with Crippen LogP contribution in [-0.2, 0) is 5.41 Å². The van der Waals surface area contributed by atoms with Gasteiger partial charge in [-0.1, -0.05) is 38.1 Å². The predicted octanol–water partition coefficient (Wildman–Crippen LogP) is 2.04. The SMILES string of the molecule is CC(C)(CO)c1ccccc1-c1cc(C(=O)O)[nH]n1. The molecule has 5 nitrogen and oxygen atoms in total. The molecule has 0 saturated heterocycles. The average Bonchev–Trinajstić information content (AvgIpc) is 2.88. The second kappa shape index (κ2) is 4.85. The fraction of sp³-hybridized carbons (Fsp3) is 0.286. The predicted molar refractivity (Wildman–Crippen MR) is 71.1 cm³/mol. The molecule has 19 heavy (non-hydrogen) atoms. The van der Waals surface area contributed by atoms with Crippen LogP contribution in [0.3, 0.4) is 0 Å². The van der Waals surface area contributed by atoms with Gasteiger partial charge in [-0.25, -0.2) is 4.79 Å². The Bertz CT molecular complexity index is 602. The van der Waals surface area contributed by atoms with Crippen molar-refractivity contribution in [2.45, 2.75) is 19.3 Å². The summed E-state index contributed by atoms with van der Waals surface area (Å²) in [4.78, 5) is 10.9. The molecule has 0 aliphatic rings. The first-order valence-corrected chi connectivity index (χ1v) is 5.95. The van der Waals surface area contributed by atoms with Crippen LogP contribution >= 0.6 is 0 Å². The van der Waals surface area contributed by atoms with Crippen molar-refractivity contribution < 1.29 is 15.0 Å². The summed E-state index contributed by atoms with van der Waals surface area (Å²) in [5, 5.41) is 24.9. The summed E-state index contributed by atoms with van der Waals surface area (Å²) in [6.07, 6.45) is 0. The van der Waals surface area contributed by atoms with Gasteiger partial charge < -0.3 is 10.2 Å². The van der Waals surface area contributed by atoms with E-state index in [1.165, 1.54) is 6.07 Å². The number of hydrogen-bond acceptors (Lipinski definition) is 3. The number of carboxylic acids is 1. The summed E-state index contributed by atoms with van der Waals surface area (Å²) in [5.74, 6) is -1.04. The number of nitrogens with one attached hydrogen (secondary N) is 1. The van der Waals surface area contributed by atoms with Crippen molar-refractivity contribution in [3.8, 4) is 11.3 Å². The number of aromatic amines is 1. The number of aliphatic hydroxyl groups excluding tert-OH is 1. The summed E-state index contributed by atoms with van der Waals surface area (Å²) in [5.41, 5.74) is 1.95. The Morgan fingerprint density at radius 3 is 2.63 bits per heavy atom. The van der Waals surface area contributed by atoms with Crippen molar-refractivity contribution in [2.24, 2.45) is 0 Å². The number of H-pyrrole nitrogens is 1. The van der Waals surface area contributed by atoms with Crippen LogP contribution in [0.2, 0.25) is 0 Å². The first kappa shape index (κ1) is 13.3.